The highest BCUT2D eigenvalue weighted by Gasteiger charge is 2.24. The van der Waals surface area contributed by atoms with E-state index in [9.17, 15) is 19.8 Å². The molecule has 0 radical (unpaired) electrons. The zero-order valence-corrected chi connectivity index (χ0v) is 40.9. The number of amides is 1. The lowest BCUT2D eigenvalue weighted by molar-refractivity contribution is -0.151. The molecule has 3 atom stereocenters. The van der Waals surface area contributed by atoms with Crippen molar-refractivity contribution in [2.45, 2.75) is 244 Å². The molecule has 63 heavy (non-hydrogen) atoms. The van der Waals surface area contributed by atoms with E-state index in [2.05, 4.69) is 92.9 Å². The van der Waals surface area contributed by atoms with E-state index in [1.807, 2.05) is 30.4 Å². The summed E-state index contributed by atoms with van der Waals surface area (Å²) in [4.78, 5) is 26.1. The van der Waals surface area contributed by atoms with Gasteiger partial charge >= 0.3 is 5.97 Å². The molecule has 0 aliphatic rings. The highest BCUT2D eigenvalue weighted by atomic mass is 16.5. The Labute approximate surface area is 388 Å². The molecule has 0 rings (SSSR count). The van der Waals surface area contributed by atoms with Gasteiger partial charge in [-0.15, -0.1) is 0 Å². The first-order chi connectivity index (χ1) is 31.0. The number of rotatable bonds is 45. The topological polar surface area (TPSA) is 95.9 Å². The van der Waals surface area contributed by atoms with Crippen LogP contribution in [0, 0.1) is 0 Å². The molecule has 3 N–H and O–H groups in total. The van der Waals surface area contributed by atoms with Crippen LogP contribution < -0.4 is 5.32 Å². The van der Waals surface area contributed by atoms with Gasteiger partial charge in [-0.2, -0.15) is 0 Å². The van der Waals surface area contributed by atoms with Crippen LogP contribution in [0.5, 0.6) is 0 Å². The van der Waals surface area contributed by atoms with Crippen LogP contribution in [-0.2, 0) is 14.3 Å². The number of hydrogen-bond acceptors (Lipinski definition) is 5. The van der Waals surface area contributed by atoms with Crippen LogP contribution in [0.1, 0.15) is 226 Å². The lowest BCUT2D eigenvalue weighted by atomic mass is 10.0. The maximum absolute atomic E-state index is 13.2. The Balaban J connectivity index is 4.67. The lowest BCUT2D eigenvalue weighted by Crippen LogP contribution is -2.46. The predicted octanol–water partition coefficient (Wildman–Crippen LogP) is 15.7. The third kappa shape index (κ3) is 45.2. The zero-order chi connectivity index (χ0) is 45.9. The number of carbonyl (C=O) groups excluding carboxylic acids is 2. The minimum atomic E-state index is -0.815. The molecular formula is C57H97NO5. The maximum Gasteiger partial charge on any atom is 0.306 e. The largest absolute Gasteiger partial charge is 0.462 e. The second-order valence-corrected chi connectivity index (χ2v) is 17.3. The van der Waals surface area contributed by atoms with E-state index < -0.39 is 18.2 Å². The van der Waals surface area contributed by atoms with E-state index in [0.717, 1.165) is 89.9 Å². The van der Waals surface area contributed by atoms with Crippen LogP contribution in [0.25, 0.3) is 0 Å². The Bertz CT molecular complexity index is 1260. The quantitative estimate of drug-likeness (QED) is 0.0245. The van der Waals surface area contributed by atoms with E-state index in [0.29, 0.717) is 19.3 Å². The number of aliphatic hydroxyl groups is 2. The lowest BCUT2D eigenvalue weighted by Gasteiger charge is -2.24. The summed E-state index contributed by atoms with van der Waals surface area (Å²) in [6.45, 7) is 6.20. The van der Waals surface area contributed by atoms with Gasteiger partial charge < -0.3 is 20.3 Å². The molecule has 360 valence electrons. The number of allylic oxidation sites excluding steroid dienone is 16. The molecule has 6 heteroatoms. The minimum absolute atomic E-state index is 0.0185. The second kappa shape index (κ2) is 49.8. The van der Waals surface area contributed by atoms with Gasteiger partial charge in [0.15, 0.2) is 0 Å². The summed E-state index contributed by atoms with van der Waals surface area (Å²) in [5, 5.41) is 23.8. The van der Waals surface area contributed by atoms with Crippen molar-refractivity contribution in [1.29, 1.82) is 0 Å². The van der Waals surface area contributed by atoms with Gasteiger partial charge in [0, 0.05) is 6.42 Å². The smallest absolute Gasteiger partial charge is 0.306 e. The Hall–Kier alpha value is -3.22. The van der Waals surface area contributed by atoms with Gasteiger partial charge in [-0.3, -0.25) is 9.59 Å². The molecule has 0 spiro atoms. The summed E-state index contributed by atoms with van der Waals surface area (Å²) in [5.74, 6) is -0.581. The first-order valence-corrected chi connectivity index (χ1v) is 26.0. The second-order valence-electron chi connectivity index (χ2n) is 17.3. The van der Waals surface area contributed by atoms with E-state index in [-0.39, 0.29) is 24.9 Å². The Morgan fingerprint density at radius 3 is 1.49 bits per heavy atom. The van der Waals surface area contributed by atoms with Crippen LogP contribution in [0.2, 0.25) is 0 Å². The minimum Gasteiger partial charge on any atom is -0.462 e. The summed E-state index contributed by atoms with van der Waals surface area (Å²) in [6.07, 6.45) is 66.2. The van der Waals surface area contributed by atoms with Gasteiger partial charge in [0.05, 0.1) is 25.2 Å². The number of ether oxygens (including phenoxy) is 1. The third-order valence-electron chi connectivity index (χ3n) is 11.3. The molecule has 0 aromatic carbocycles. The summed E-state index contributed by atoms with van der Waals surface area (Å²) < 4.78 is 5.88. The number of carbonyl (C=O) groups is 2. The summed E-state index contributed by atoms with van der Waals surface area (Å²) in [7, 11) is 0. The average Bonchev–Trinajstić information content (AvgIpc) is 3.28. The van der Waals surface area contributed by atoms with Crippen molar-refractivity contribution in [3.63, 3.8) is 0 Å². The first-order valence-electron chi connectivity index (χ1n) is 26.0. The normalized spacial score (nSPS) is 14.0. The average molecular weight is 876 g/mol. The highest BCUT2D eigenvalue weighted by Crippen LogP contribution is 2.17. The number of esters is 1. The molecular weight excluding hydrogens is 779 g/mol. The van der Waals surface area contributed by atoms with Crippen molar-refractivity contribution in [2.75, 3.05) is 6.61 Å². The van der Waals surface area contributed by atoms with Gasteiger partial charge in [-0.05, 0) is 77.0 Å². The Kier molecular flexibility index (Phi) is 47.2. The van der Waals surface area contributed by atoms with Crippen LogP contribution >= 0.6 is 0 Å². The monoisotopic (exact) mass is 876 g/mol. The Morgan fingerprint density at radius 1 is 0.492 bits per heavy atom. The highest BCUT2D eigenvalue weighted by molar-refractivity contribution is 5.77. The van der Waals surface area contributed by atoms with Crippen molar-refractivity contribution < 1.29 is 24.5 Å². The van der Waals surface area contributed by atoms with Crippen molar-refractivity contribution in [2.24, 2.45) is 0 Å². The molecule has 0 saturated carbocycles. The molecule has 0 aromatic heterocycles. The molecule has 6 nitrogen and oxygen atoms in total. The molecule has 1 amide bonds. The van der Waals surface area contributed by atoms with E-state index in [4.69, 9.17) is 4.74 Å². The number of aliphatic hydroxyl groups excluding tert-OH is 2. The SMILES string of the molecule is CC/C=C/C=C/C=C\C=C/CCCCCC(=O)OC(CCC/C=C/C/C=C/C/C=C/C/C=C/CC)CC(=O)NC(CO)C(O)CCCCCCCCCCCCCCCCCCC. The molecule has 0 aliphatic carbocycles. The summed E-state index contributed by atoms with van der Waals surface area (Å²) >= 11 is 0. The predicted molar refractivity (Wildman–Crippen MR) is 273 cm³/mol. The number of hydrogen-bond donors (Lipinski definition) is 3. The van der Waals surface area contributed by atoms with Crippen molar-refractivity contribution in [3.8, 4) is 0 Å². The van der Waals surface area contributed by atoms with Crippen molar-refractivity contribution in [1.82, 2.24) is 5.32 Å². The van der Waals surface area contributed by atoms with Crippen LogP contribution in [0.3, 0.4) is 0 Å². The summed E-state index contributed by atoms with van der Waals surface area (Å²) in [5.41, 5.74) is 0. The van der Waals surface area contributed by atoms with E-state index in [1.165, 1.54) is 89.9 Å². The third-order valence-corrected chi connectivity index (χ3v) is 11.3. The van der Waals surface area contributed by atoms with Crippen molar-refractivity contribution >= 4 is 11.9 Å². The summed E-state index contributed by atoms with van der Waals surface area (Å²) in [6, 6.07) is -0.733. The van der Waals surface area contributed by atoms with E-state index in [1.54, 1.807) is 0 Å². The molecule has 0 saturated heterocycles. The maximum atomic E-state index is 13.2. The standard InChI is InChI=1S/C57H97NO5/c1-4-7-10-13-16-19-22-25-27-28-29-32-34-37-40-43-46-49-55(60)54(52-59)58-56(61)51-53(48-45-42-39-36-33-31-26-23-20-17-14-11-8-5-2)63-57(62)50-47-44-41-38-35-30-24-21-18-15-12-9-6-3/h8-9,11-12,15,17-18,20-21,24,26,30-31,35-36,39,53-55,59-60H,4-7,10,13-14,16,19,22-23,25,27-29,32-34,37-38,40-52H2,1-3H3,(H,58,61)/b11-8+,12-9+,18-15+,20-17+,24-21-,31-26+,35-30-,39-36+. The van der Waals surface area contributed by atoms with Crippen molar-refractivity contribution in [3.05, 3.63) is 97.2 Å². The van der Waals surface area contributed by atoms with Gasteiger partial charge in [-0.25, -0.2) is 0 Å². The molecule has 0 aliphatic heterocycles. The molecule has 0 aromatic rings. The van der Waals surface area contributed by atoms with Crippen LogP contribution in [0.4, 0.5) is 0 Å². The van der Waals surface area contributed by atoms with Gasteiger partial charge in [0.1, 0.15) is 6.10 Å². The molecule has 3 unspecified atom stereocenters. The molecule has 0 bridgehead atoms. The fourth-order valence-corrected chi connectivity index (χ4v) is 7.38. The zero-order valence-electron chi connectivity index (χ0n) is 40.9. The van der Waals surface area contributed by atoms with Gasteiger partial charge in [-0.1, -0.05) is 234 Å². The van der Waals surface area contributed by atoms with Gasteiger partial charge in [0.25, 0.3) is 0 Å². The fraction of sp³-hybridized carbons (Fsp3) is 0.684. The number of unbranched alkanes of at least 4 members (excludes halogenated alkanes) is 20. The van der Waals surface area contributed by atoms with Crippen LogP contribution in [-0.4, -0.2) is 46.9 Å². The Morgan fingerprint density at radius 2 is 0.952 bits per heavy atom. The number of nitrogens with one attached hydrogen (secondary N) is 1. The van der Waals surface area contributed by atoms with Gasteiger partial charge in [0.2, 0.25) is 5.91 Å². The molecule has 0 fully saturated rings. The fourth-order valence-electron chi connectivity index (χ4n) is 7.38. The van der Waals surface area contributed by atoms with Crippen LogP contribution in [0.15, 0.2) is 97.2 Å². The first kappa shape index (κ1) is 59.8. The van der Waals surface area contributed by atoms with E-state index >= 15 is 0 Å². The molecule has 0 heterocycles.